The van der Waals surface area contributed by atoms with Crippen LogP contribution in [0.2, 0.25) is 0 Å². The van der Waals surface area contributed by atoms with Crippen molar-refractivity contribution in [1.29, 1.82) is 0 Å². The Morgan fingerprint density at radius 2 is 1.89 bits per heavy atom. The minimum atomic E-state index is 0. The normalized spacial score (nSPS) is 29.5. The summed E-state index contributed by atoms with van der Waals surface area (Å²) in [6.45, 7) is 5.64. The van der Waals surface area contributed by atoms with Gasteiger partial charge in [-0.25, -0.2) is 0 Å². The molecular weight excluding hydrogens is 248 g/mol. The summed E-state index contributed by atoms with van der Waals surface area (Å²) < 4.78 is 0. The lowest BCUT2D eigenvalue weighted by Gasteiger charge is -2.35. The van der Waals surface area contributed by atoms with Crippen molar-refractivity contribution in [3.05, 3.63) is 12.7 Å². The summed E-state index contributed by atoms with van der Waals surface area (Å²) in [5, 5.41) is 0. The van der Waals surface area contributed by atoms with Gasteiger partial charge in [0.25, 0.3) is 0 Å². The third-order valence-electron chi connectivity index (χ3n) is 4.25. The molecule has 1 amide bonds. The molecule has 2 N–H and O–H groups in total. The van der Waals surface area contributed by atoms with E-state index in [2.05, 4.69) is 6.58 Å². The second kappa shape index (κ2) is 7.15. The van der Waals surface area contributed by atoms with Gasteiger partial charge in [0.1, 0.15) is 0 Å². The Morgan fingerprint density at radius 1 is 1.22 bits per heavy atom. The standard InChI is InChI=1S/C14H24N2O.ClH/c1-2-11-6-8-16(9-7-11)14(17)12-4-3-5-13(15)10-12;/h2,11-13H,1,3-10,15H2;1H. The van der Waals surface area contributed by atoms with E-state index in [-0.39, 0.29) is 24.4 Å². The summed E-state index contributed by atoms with van der Waals surface area (Å²) >= 11 is 0. The number of nitrogens with zero attached hydrogens (tertiary/aromatic N) is 1. The maximum atomic E-state index is 12.3. The highest BCUT2D eigenvalue weighted by molar-refractivity contribution is 5.85. The van der Waals surface area contributed by atoms with Crippen LogP contribution in [0.1, 0.15) is 38.5 Å². The van der Waals surface area contributed by atoms with Crippen LogP contribution < -0.4 is 5.73 Å². The fourth-order valence-corrected chi connectivity index (χ4v) is 3.07. The summed E-state index contributed by atoms with van der Waals surface area (Å²) in [6, 6.07) is 0.239. The zero-order valence-electron chi connectivity index (χ0n) is 11.0. The smallest absolute Gasteiger partial charge is 0.225 e. The average molecular weight is 273 g/mol. The molecule has 0 radical (unpaired) electrons. The molecule has 2 fully saturated rings. The van der Waals surface area contributed by atoms with E-state index in [9.17, 15) is 4.79 Å². The molecule has 0 aromatic rings. The molecule has 1 aliphatic carbocycles. The van der Waals surface area contributed by atoms with Crippen LogP contribution in [0, 0.1) is 11.8 Å². The number of hydrogen-bond acceptors (Lipinski definition) is 2. The number of hydrogen-bond donors (Lipinski definition) is 1. The number of likely N-dealkylation sites (tertiary alicyclic amines) is 1. The van der Waals surface area contributed by atoms with Crippen molar-refractivity contribution >= 4 is 18.3 Å². The lowest BCUT2D eigenvalue weighted by molar-refractivity contribution is -0.138. The maximum Gasteiger partial charge on any atom is 0.225 e. The molecular formula is C14H25ClN2O. The second-order valence-corrected chi connectivity index (χ2v) is 5.52. The highest BCUT2D eigenvalue weighted by atomic mass is 35.5. The molecule has 18 heavy (non-hydrogen) atoms. The Morgan fingerprint density at radius 3 is 2.44 bits per heavy atom. The molecule has 2 unspecified atom stereocenters. The number of carbonyl (C=O) groups is 1. The summed E-state index contributed by atoms with van der Waals surface area (Å²) in [5.74, 6) is 1.15. The van der Waals surface area contributed by atoms with Crippen LogP contribution in [-0.2, 0) is 4.79 Å². The summed E-state index contributed by atoms with van der Waals surface area (Å²) in [6.07, 6.45) is 8.30. The molecule has 0 bridgehead atoms. The van der Waals surface area contributed by atoms with E-state index in [4.69, 9.17) is 5.73 Å². The Hall–Kier alpha value is -0.540. The molecule has 0 aromatic carbocycles. The predicted octanol–water partition coefficient (Wildman–Crippen LogP) is 2.35. The summed E-state index contributed by atoms with van der Waals surface area (Å²) in [5.41, 5.74) is 5.95. The number of halogens is 1. The third kappa shape index (κ3) is 3.72. The topological polar surface area (TPSA) is 46.3 Å². The molecule has 0 spiro atoms. The van der Waals surface area contributed by atoms with E-state index in [0.29, 0.717) is 11.8 Å². The molecule has 1 heterocycles. The largest absolute Gasteiger partial charge is 0.342 e. The first-order chi connectivity index (χ1) is 8.20. The van der Waals surface area contributed by atoms with Gasteiger partial charge in [-0.15, -0.1) is 19.0 Å². The van der Waals surface area contributed by atoms with E-state index in [1.807, 2.05) is 11.0 Å². The average Bonchev–Trinajstić information content (AvgIpc) is 2.38. The molecule has 2 atom stereocenters. The first-order valence-corrected chi connectivity index (χ1v) is 6.87. The van der Waals surface area contributed by atoms with E-state index < -0.39 is 0 Å². The van der Waals surface area contributed by atoms with Gasteiger partial charge < -0.3 is 10.6 Å². The van der Waals surface area contributed by atoms with Gasteiger partial charge in [-0.2, -0.15) is 0 Å². The van der Waals surface area contributed by atoms with Crippen molar-refractivity contribution < 1.29 is 4.79 Å². The molecule has 2 aliphatic rings. The van der Waals surface area contributed by atoms with Crippen molar-refractivity contribution in [2.75, 3.05) is 13.1 Å². The van der Waals surface area contributed by atoms with Crippen molar-refractivity contribution in [3.63, 3.8) is 0 Å². The summed E-state index contributed by atoms with van der Waals surface area (Å²) in [7, 11) is 0. The lowest BCUT2D eigenvalue weighted by atomic mass is 9.84. The SMILES string of the molecule is C=CC1CCN(C(=O)C2CCCC(N)C2)CC1.Cl. The highest BCUT2D eigenvalue weighted by Gasteiger charge is 2.30. The Bertz CT molecular complexity index is 288. The first-order valence-electron chi connectivity index (χ1n) is 6.87. The van der Waals surface area contributed by atoms with Crippen LogP contribution in [0.15, 0.2) is 12.7 Å². The number of nitrogens with two attached hydrogens (primary N) is 1. The Kier molecular flexibility index (Phi) is 6.16. The monoisotopic (exact) mass is 272 g/mol. The second-order valence-electron chi connectivity index (χ2n) is 5.52. The van der Waals surface area contributed by atoms with Gasteiger partial charge in [-0.1, -0.05) is 12.5 Å². The first kappa shape index (κ1) is 15.5. The molecule has 104 valence electrons. The van der Waals surface area contributed by atoms with Crippen LogP contribution in [-0.4, -0.2) is 29.9 Å². The van der Waals surface area contributed by atoms with Gasteiger partial charge >= 0.3 is 0 Å². The van der Waals surface area contributed by atoms with Crippen molar-refractivity contribution in [3.8, 4) is 0 Å². The molecule has 0 aromatic heterocycles. The molecule has 3 nitrogen and oxygen atoms in total. The number of carbonyl (C=O) groups excluding carboxylic acids is 1. The van der Waals surface area contributed by atoms with Gasteiger partial charge in [-0.05, 0) is 38.0 Å². The molecule has 2 rings (SSSR count). The fraction of sp³-hybridized carbons (Fsp3) is 0.786. The Labute approximate surface area is 116 Å². The maximum absolute atomic E-state index is 12.3. The van der Waals surface area contributed by atoms with Crippen LogP contribution in [0.5, 0.6) is 0 Å². The quantitative estimate of drug-likeness (QED) is 0.785. The molecule has 4 heteroatoms. The van der Waals surface area contributed by atoms with E-state index in [1.54, 1.807) is 0 Å². The zero-order valence-corrected chi connectivity index (χ0v) is 11.8. The van der Waals surface area contributed by atoms with Gasteiger partial charge in [-0.3, -0.25) is 4.79 Å². The number of rotatable bonds is 2. The van der Waals surface area contributed by atoms with Crippen LogP contribution >= 0.6 is 12.4 Å². The number of piperidine rings is 1. The van der Waals surface area contributed by atoms with Crippen LogP contribution in [0.4, 0.5) is 0 Å². The van der Waals surface area contributed by atoms with Gasteiger partial charge in [0, 0.05) is 25.0 Å². The summed E-state index contributed by atoms with van der Waals surface area (Å²) in [4.78, 5) is 14.4. The van der Waals surface area contributed by atoms with Crippen LogP contribution in [0.3, 0.4) is 0 Å². The van der Waals surface area contributed by atoms with Crippen molar-refractivity contribution in [2.45, 2.75) is 44.6 Å². The van der Waals surface area contributed by atoms with E-state index >= 15 is 0 Å². The van der Waals surface area contributed by atoms with Gasteiger partial charge in [0.2, 0.25) is 5.91 Å². The third-order valence-corrected chi connectivity index (χ3v) is 4.25. The minimum absolute atomic E-state index is 0. The van der Waals surface area contributed by atoms with Gasteiger partial charge in [0.15, 0.2) is 0 Å². The number of amides is 1. The zero-order chi connectivity index (χ0) is 12.3. The molecule has 1 saturated carbocycles. The predicted molar refractivity (Wildman–Crippen MR) is 76.7 cm³/mol. The van der Waals surface area contributed by atoms with Crippen molar-refractivity contribution in [2.24, 2.45) is 17.6 Å². The minimum Gasteiger partial charge on any atom is -0.342 e. The Balaban J connectivity index is 0.00000162. The number of allylic oxidation sites excluding steroid dienone is 1. The van der Waals surface area contributed by atoms with Crippen LogP contribution in [0.25, 0.3) is 0 Å². The van der Waals surface area contributed by atoms with Crippen molar-refractivity contribution in [1.82, 2.24) is 4.90 Å². The van der Waals surface area contributed by atoms with E-state index in [0.717, 1.165) is 51.6 Å². The van der Waals surface area contributed by atoms with E-state index in [1.165, 1.54) is 0 Å². The molecule has 1 aliphatic heterocycles. The van der Waals surface area contributed by atoms with Gasteiger partial charge in [0.05, 0.1) is 0 Å². The highest BCUT2D eigenvalue weighted by Crippen LogP contribution is 2.27. The molecule has 1 saturated heterocycles. The lowest BCUT2D eigenvalue weighted by Crippen LogP contribution is -2.44. The fourth-order valence-electron chi connectivity index (χ4n) is 3.07.